The number of ether oxygens (including phenoxy) is 2. The second kappa shape index (κ2) is 11.4. The van der Waals surface area contributed by atoms with Gasteiger partial charge in [0.15, 0.2) is 18.3 Å². The third kappa shape index (κ3) is 8.08. The molecule has 0 aliphatic rings. The van der Waals surface area contributed by atoms with Crippen molar-refractivity contribution in [1.82, 2.24) is 16.2 Å². The van der Waals surface area contributed by atoms with Gasteiger partial charge in [0.1, 0.15) is 11.5 Å². The fraction of sp³-hybridized carbons (Fsp3) is 0.250. The molecule has 0 aliphatic carbocycles. The van der Waals surface area contributed by atoms with E-state index in [0.717, 1.165) is 22.0 Å². The van der Waals surface area contributed by atoms with Crippen LogP contribution < -0.4 is 25.6 Å². The Labute approximate surface area is 183 Å². The molecule has 0 radical (unpaired) electrons. The zero-order chi connectivity index (χ0) is 21.2. The normalized spacial score (nSPS) is 10.0. The van der Waals surface area contributed by atoms with E-state index in [4.69, 9.17) is 21.7 Å². The number of thiocarbonyl (C=S) groups is 1. The summed E-state index contributed by atoms with van der Waals surface area (Å²) < 4.78 is 11.6. The SMILES string of the molecule is CCc1ccc(OCC(=O)NNC(=S)NC(=O)COc2ccc(C)cc2)c(Br)c1. The number of benzene rings is 2. The van der Waals surface area contributed by atoms with Crippen LogP contribution >= 0.6 is 28.1 Å². The summed E-state index contributed by atoms with van der Waals surface area (Å²) in [7, 11) is 0. The largest absolute Gasteiger partial charge is 0.484 e. The monoisotopic (exact) mass is 479 g/mol. The van der Waals surface area contributed by atoms with Gasteiger partial charge < -0.3 is 9.47 Å². The lowest BCUT2D eigenvalue weighted by Crippen LogP contribution is -2.50. The van der Waals surface area contributed by atoms with Crippen molar-refractivity contribution in [2.75, 3.05) is 13.2 Å². The fourth-order valence-corrected chi connectivity index (χ4v) is 2.87. The van der Waals surface area contributed by atoms with Gasteiger partial charge in [-0.05, 0) is 71.3 Å². The van der Waals surface area contributed by atoms with E-state index in [2.05, 4.69) is 39.0 Å². The summed E-state index contributed by atoms with van der Waals surface area (Å²) in [5.74, 6) is 0.229. The highest BCUT2D eigenvalue weighted by Crippen LogP contribution is 2.26. The molecule has 3 N–H and O–H groups in total. The molecule has 2 amide bonds. The zero-order valence-electron chi connectivity index (χ0n) is 16.1. The number of amides is 2. The van der Waals surface area contributed by atoms with E-state index in [0.29, 0.717) is 11.5 Å². The van der Waals surface area contributed by atoms with Gasteiger partial charge in [0.25, 0.3) is 11.8 Å². The van der Waals surface area contributed by atoms with Crippen LogP contribution in [0.5, 0.6) is 11.5 Å². The van der Waals surface area contributed by atoms with Crippen LogP contribution in [-0.4, -0.2) is 30.1 Å². The van der Waals surface area contributed by atoms with Gasteiger partial charge >= 0.3 is 0 Å². The molecule has 0 heterocycles. The number of hydrogen-bond acceptors (Lipinski definition) is 5. The molecule has 29 heavy (non-hydrogen) atoms. The molecule has 7 nitrogen and oxygen atoms in total. The van der Waals surface area contributed by atoms with Crippen LogP contribution in [0.15, 0.2) is 46.9 Å². The molecule has 0 saturated heterocycles. The first-order valence-electron chi connectivity index (χ1n) is 8.86. The first-order chi connectivity index (χ1) is 13.9. The Morgan fingerprint density at radius 3 is 2.34 bits per heavy atom. The van der Waals surface area contributed by atoms with Gasteiger partial charge in [0.2, 0.25) is 0 Å². The van der Waals surface area contributed by atoms with Gasteiger partial charge in [-0.25, -0.2) is 0 Å². The molecule has 0 saturated carbocycles. The van der Waals surface area contributed by atoms with Crippen LogP contribution in [0.25, 0.3) is 0 Å². The number of halogens is 1. The van der Waals surface area contributed by atoms with E-state index in [-0.39, 0.29) is 18.3 Å². The topological polar surface area (TPSA) is 88.7 Å². The van der Waals surface area contributed by atoms with Crippen LogP contribution in [0.2, 0.25) is 0 Å². The molecular formula is C20H22BrN3O4S. The minimum Gasteiger partial charge on any atom is -0.484 e. The molecule has 0 aliphatic heterocycles. The molecule has 9 heteroatoms. The van der Waals surface area contributed by atoms with Crippen LogP contribution in [-0.2, 0) is 16.0 Å². The molecular weight excluding hydrogens is 458 g/mol. The van der Waals surface area contributed by atoms with E-state index < -0.39 is 11.8 Å². The molecule has 2 aromatic rings. The standard InChI is InChI=1S/C20H22BrN3O4S/c1-3-14-6-9-17(16(21)10-14)28-12-19(26)23-24-20(29)22-18(25)11-27-15-7-4-13(2)5-8-15/h4-10H,3,11-12H2,1-2H3,(H,23,26)(H2,22,24,25,29). The van der Waals surface area contributed by atoms with Crippen molar-refractivity contribution in [1.29, 1.82) is 0 Å². The molecule has 0 bridgehead atoms. The number of carbonyl (C=O) groups is 2. The third-order valence-corrected chi connectivity index (χ3v) is 4.55. The molecule has 0 aromatic heterocycles. The van der Waals surface area contributed by atoms with Gasteiger partial charge in [-0.1, -0.05) is 30.7 Å². The predicted molar refractivity (Wildman–Crippen MR) is 118 cm³/mol. The summed E-state index contributed by atoms with van der Waals surface area (Å²) in [5, 5.41) is 2.35. The molecule has 0 atom stereocenters. The van der Waals surface area contributed by atoms with Crippen molar-refractivity contribution < 1.29 is 19.1 Å². The van der Waals surface area contributed by atoms with Crippen molar-refractivity contribution >= 4 is 45.1 Å². The highest BCUT2D eigenvalue weighted by Gasteiger charge is 2.09. The maximum atomic E-state index is 11.9. The maximum absolute atomic E-state index is 11.9. The van der Waals surface area contributed by atoms with Gasteiger partial charge in [-0.15, -0.1) is 0 Å². The summed E-state index contributed by atoms with van der Waals surface area (Å²) in [5.41, 5.74) is 7.04. The Morgan fingerprint density at radius 1 is 1.00 bits per heavy atom. The Morgan fingerprint density at radius 2 is 1.69 bits per heavy atom. The van der Waals surface area contributed by atoms with Gasteiger partial charge in [0, 0.05) is 0 Å². The van der Waals surface area contributed by atoms with Crippen LogP contribution in [0, 0.1) is 6.92 Å². The Bertz CT molecular complexity index is 875. The van der Waals surface area contributed by atoms with Gasteiger partial charge in [0.05, 0.1) is 4.47 Å². The third-order valence-electron chi connectivity index (χ3n) is 3.72. The molecule has 0 fully saturated rings. The summed E-state index contributed by atoms with van der Waals surface area (Å²) in [4.78, 5) is 23.7. The minimum absolute atomic E-state index is 0.0515. The average molecular weight is 480 g/mol. The smallest absolute Gasteiger partial charge is 0.276 e. The van der Waals surface area contributed by atoms with Crippen molar-refractivity contribution in [3.63, 3.8) is 0 Å². The van der Waals surface area contributed by atoms with Crippen molar-refractivity contribution in [2.45, 2.75) is 20.3 Å². The van der Waals surface area contributed by atoms with Gasteiger partial charge in [-0.2, -0.15) is 0 Å². The van der Waals surface area contributed by atoms with E-state index in [1.54, 1.807) is 18.2 Å². The lowest BCUT2D eigenvalue weighted by molar-refractivity contribution is -0.124. The second-order valence-corrected chi connectivity index (χ2v) is 7.32. The Kier molecular flexibility index (Phi) is 8.88. The van der Waals surface area contributed by atoms with Crippen molar-refractivity contribution in [2.24, 2.45) is 0 Å². The van der Waals surface area contributed by atoms with E-state index >= 15 is 0 Å². The van der Waals surface area contributed by atoms with Crippen LogP contribution in [0.4, 0.5) is 0 Å². The lowest BCUT2D eigenvalue weighted by Gasteiger charge is -2.12. The highest BCUT2D eigenvalue weighted by molar-refractivity contribution is 9.10. The molecule has 2 aromatic carbocycles. The summed E-state index contributed by atoms with van der Waals surface area (Å²) in [6.45, 7) is 3.59. The second-order valence-electron chi connectivity index (χ2n) is 6.06. The minimum atomic E-state index is -0.455. The molecule has 154 valence electrons. The maximum Gasteiger partial charge on any atom is 0.276 e. The number of nitrogens with one attached hydrogen (secondary N) is 3. The summed E-state index contributed by atoms with van der Waals surface area (Å²) >= 11 is 8.37. The quantitative estimate of drug-likeness (QED) is 0.417. The predicted octanol–water partition coefficient (Wildman–Crippen LogP) is 2.80. The van der Waals surface area contributed by atoms with Crippen LogP contribution in [0.1, 0.15) is 18.1 Å². The fourth-order valence-electron chi connectivity index (χ4n) is 2.16. The number of hydrogen-bond donors (Lipinski definition) is 3. The van der Waals surface area contributed by atoms with E-state index in [1.165, 1.54) is 0 Å². The molecule has 0 unspecified atom stereocenters. The first kappa shape index (κ1) is 22.6. The number of hydrazine groups is 1. The summed E-state index contributed by atoms with van der Waals surface area (Å²) in [6.07, 6.45) is 0.905. The molecule has 0 spiro atoms. The first-order valence-corrected chi connectivity index (χ1v) is 10.1. The van der Waals surface area contributed by atoms with E-state index in [1.807, 2.05) is 31.2 Å². The van der Waals surface area contributed by atoms with Crippen molar-refractivity contribution in [3.8, 4) is 11.5 Å². The number of carbonyl (C=O) groups excluding carboxylic acids is 2. The number of aryl methyl sites for hydroxylation is 2. The Balaban J connectivity index is 1.66. The van der Waals surface area contributed by atoms with Crippen LogP contribution in [0.3, 0.4) is 0 Å². The average Bonchev–Trinajstić information content (AvgIpc) is 2.70. The van der Waals surface area contributed by atoms with E-state index in [9.17, 15) is 9.59 Å². The number of rotatable bonds is 7. The van der Waals surface area contributed by atoms with Gasteiger partial charge in [-0.3, -0.25) is 25.8 Å². The summed E-state index contributed by atoms with van der Waals surface area (Å²) in [6, 6.07) is 13.0. The highest BCUT2D eigenvalue weighted by atomic mass is 79.9. The zero-order valence-corrected chi connectivity index (χ0v) is 18.5. The van der Waals surface area contributed by atoms with Crippen molar-refractivity contribution in [3.05, 3.63) is 58.1 Å². The lowest BCUT2D eigenvalue weighted by atomic mass is 10.2. The molecule has 2 rings (SSSR count). The Hall–Kier alpha value is -2.65.